The van der Waals surface area contributed by atoms with Crippen LogP contribution in [0.2, 0.25) is 0 Å². The minimum absolute atomic E-state index is 0.0416. The number of pyridine rings is 1. The SMILES string of the molecule is COC1Cc2c(Oc3ccc(NC(=O)C4(C(=O)CNc5ccc(F)cc5)CC4)cc3F)ccnc2C=C1OCCCC1(O)CC1. The molecule has 2 saturated carbocycles. The number of Topliss-reactive ketones (excluding diaryl/α,β-unsaturated/α-hetero) is 1. The molecule has 3 aromatic rings. The number of hydrogen-bond donors (Lipinski definition) is 3. The first kappa shape index (κ1) is 30.7. The third-order valence-electron chi connectivity index (χ3n) is 8.62. The fourth-order valence-corrected chi connectivity index (χ4v) is 5.46. The van der Waals surface area contributed by atoms with Gasteiger partial charge in [0.05, 0.1) is 24.4 Å². The average Bonchev–Trinajstić information content (AvgIpc) is 3.97. The zero-order valence-corrected chi connectivity index (χ0v) is 24.9. The van der Waals surface area contributed by atoms with Gasteiger partial charge in [0, 0.05) is 48.8 Å². The smallest absolute Gasteiger partial charge is 0.238 e. The van der Waals surface area contributed by atoms with Crippen molar-refractivity contribution in [1.29, 1.82) is 0 Å². The van der Waals surface area contributed by atoms with Crippen LogP contribution in [0.15, 0.2) is 60.5 Å². The first-order valence-corrected chi connectivity index (χ1v) is 15.1. The Kier molecular flexibility index (Phi) is 8.56. The van der Waals surface area contributed by atoms with Gasteiger partial charge in [-0.15, -0.1) is 0 Å². The lowest BCUT2D eigenvalue weighted by molar-refractivity contribution is -0.131. The largest absolute Gasteiger partial charge is 0.495 e. The zero-order valence-electron chi connectivity index (χ0n) is 24.9. The number of aromatic nitrogens is 1. The molecule has 0 radical (unpaired) electrons. The van der Waals surface area contributed by atoms with Crippen molar-refractivity contribution in [2.45, 2.75) is 56.7 Å². The highest BCUT2D eigenvalue weighted by Gasteiger charge is 2.55. The molecule has 0 saturated heterocycles. The maximum Gasteiger partial charge on any atom is 0.238 e. The van der Waals surface area contributed by atoms with Crippen LogP contribution in [-0.4, -0.2) is 53.7 Å². The minimum Gasteiger partial charge on any atom is -0.495 e. The van der Waals surface area contributed by atoms with Crippen molar-refractivity contribution < 1.29 is 37.7 Å². The topological polar surface area (TPSA) is 119 Å². The molecule has 1 aromatic heterocycles. The summed E-state index contributed by atoms with van der Waals surface area (Å²) in [6.07, 6.45) is 7.31. The number of anilines is 2. The number of carbonyl (C=O) groups is 2. The van der Waals surface area contributed by atoms with E-state index >= 15 is 4.39 Å². The van der Waals surface area contributed by atoms with E-state index in [2.05, 4.69) is 15.6 Å². The number of fused-ring (bicyclic) bond motifs is 1. The Hall–Kier alpha value is -4.35. The van der Waals surface area contributed by atoms with E-state index in [0.29, 0.717) is 55.2 Å². The summed E-state index contributed by atoms with van der Waals surface area (Å²) >= 11 is 0. The molecule has 2 aromatic carbocycles. The first-order valence-electron chi connectivity index (χ1n) is 15.1. The molecule has 9 nitrogen and oxygen atoms in total. The predicted octanol–water partition coefficient (Wildman–Crippen LogP) is 5.79. The number of rotatable bonds is 14. The van der Waals surface area contributed by atoms with E-state index in [1.54, 1.807) is 25.4 Å². The van der Waals surface area contributed by atoms with E-state index in [-0.39, 0.29) is 35.7 Å². The molecular weight excluding hydrogens is 584 g/mol. The normalized spacial score (nSPS) is 18.7. The molecule has 0 aliphatic heterocycles. The Morgan fingerprint density at radius 1 is 1.02 bits per heavy atom. The van der Waals surface area contributed by atoms with E-state index in [1.807, 2.05) is 0 Å². The summed E-state index contributed by atoms with van der Waals surface area (Å²) in [5.41, 5.74) is 0.440. The molecule has 1 heterocycles. The molecule has 3 aliphatic carbocycles. The number of methoxy groups -OCH3 is 1. The monoisotopic (exact) mass is 619 g/mol. The maximum absolute atomic E-state index is 15.2. The lowest BCUT2D eigenvalue weighted by Gasteiger charge is -2.26. The van der Waals surface area contributed by atoms with E-state index in [0.717, 1.165) is 30.9 Å². The summed E-state index contributed by atoms with van der Waals surface area (Å²) in [6, 6.07) is 11.3. The van der Waals surface area contributed by atoms with Crippen molar-refractivity contribution >= 4 is 29.1 Å². The molecule has 1 unspecified atom stereocenters. The van der Waals surface area contributed by atoms with Gasteiger partial charge in [-0.25, -0.2) is 8.78 Å². The highest BCUT2D eigenvalue weighted by molar-refractivity contribution is 6.14. The second-order valence-corrected chi connectivity index (χ2v) is 11.9. The summed E-state index contributed by atoms with van der Waals surface area (Å²) in [7, 11) is 1.59. The molecule has 1 amide bonds. The van der Waals surface area contributed by atoms with Crippen molar-refractivity contribution in [3.05, 3.63) is 83.4 Å². The van der Waals surface area contributed by atoms with Gasteiger partial charge in [-0.05, 0) is 81.0 Å². The van der Waals surface area contributed by atoms with Crippen LogP contribution in [0.5, 0.6) is 11.5 Å². The van der Waals surface area contributed by atoms with Crippen molar-refractivity contribution in [3.8, 4) is 11.5 Å². The van der Waals surface area contributed by atoms with Crippen molar-refractivity contribution in [3.63, 3.8) is 0 Å². The summed E-state index contributed by atoms with van der Waals surface area (Å²) in [5.74, 6) is -0.850. The van der Waals surface area contributed by atoms with E-state index in [1.165, 1.54) is 36.4 Å². The molecule has 45 heavy (non-hydrogen) atoms. The van der Waals surface area contributed by atoms with Gasteiger partial charge < -0.3 is 30.0 Å². The highest BCUT2D eigenvalue weighted by Crippen LogP contribution is 2.47. The first-order chi connectivity index (χ1) is 21.7. The van der Waals surface area contributed by atoms with Gasteiger partial charge in [0.1, 0.15) is 28.8 Å². The van der Waals surface area contributed by atoms with Crippen LogP contribution < -0.4 is 15.4 Å². The van der Waals surface area contributed by atoms with Crippen LogP contribution in [0.4, 0.5) is 20.2 Å². The lowest BCUT2D eigenvalue weighted by Crippen LogP contribution is -2.35. The minimum atomic E-state index is -1.18. The van der Waals surface area contributed by atoms with Crippen LogP contribution in [0, 0.1) is 17.0 Å². The second kappa shape index (κ2) is 12.6. The molecule has 0 bridgehead atoms. The summed E-state index contributed by atoms with van der Waals surface area (Å²) in [6.45, 7) is 0.364. The van der Waals surface area contributed by atoms with Gasteiger partial charge >= 0.3 is 0 Å². The third-order valence-corrected chi connectivity index (χ3v) is 8.62. The Morgan fingerprint density at radius 2 is 1.78 bits per heavy atom. The van der Waals surface area contributed by atoms with Gasteiger partial charge in [0.25, 0.3) is 0 Å². The van der Waals surface area contributed by atoms with Crippen molar-refractivity contribution in [2.24, 2.45) is 5.41 Å². The lowest BCUT2D eigenvalue weighted by atomic mass is 9.97. The predicted molar refractivity (Wildman–Crippen MR) is 163 cm³/mol. The summed E-state index contributed by atoms with van der Waals surface area (Å²) < 4.78 is 46.0. The van der Waals surface area contributed by atoms with Gasteiger partial charge in [-0.2, -0.15) is 0 Å². The Labute approximate surface area is 259 Å². The third kappa shape index (κ3) is 6.99. The molecule has 2 fully saturated rings. The standard InChI is InChI=1S/C34H35F2N3O6/c1-43-29-18-24-26(19-30(29)44-16-2-10-33(42)11-12-33)37-15-9-27(24)45-28-8-7-23(17-25(28)36)39-32(41)34(13-14-34)31(40)20-38-22-5-3-21(35)4-6-22/h3-9,15,17,19,29,38,42H,2,10-14,16,18,20H2,1H3,(H,39,41). The Morgan fingerprint density at radius 3 is 2.47 bits per heavy atom. The molecule has 0 spiro atoms. The quantitative estimate of drug-likeness (QED) is 0.153. The van der Waals surface area contributed by atoms with Crippen LogP contribution in [-0.2, 0) is 25.5 Å². The number of halogens is 2. The number of benzene rings is 2. The van der Waals surface area contributed by atoms with E-state index in [4.69, 9.17) is 14.2 Å². The van der Waals surface area contributed by atoms with Crippen molar-refractivity contribution in [2.75, 3.05) is 30.9 Å². The number of amides is 1. The molecule has 6 rings (SSSR count). The average molecular weight is 620 g/mol. The summed E-state index contributed by atoms with van der Waals surface area (Å²) in [4.78, 5) is 30.4. The zero-order chi connectivity index (χ0) is 31.6. The molecule has 11 heteroatoms. The number of aliphatic hydroxyl groups is 1. The fourth-order valence-electron chi connectivity index (χ4n) is 5.46. The molecular formula is C34H35F2N3O6. The number of nitrogens with zero attached hydrogens (tertiary/aromatic N) is 1. The van der Waals surface area contributed by atoms with Crippen LogP contribution in [0.25, 0.3) is 6.08 Å². The van der Waals surface area contributed by atoms with Gasteiger partial charge in [0.2, 0.25) is 5.91 Å². The Bertz CT molecular complexity index is 1620. The maximum atomic E-state index is 15.2. The number of ketones is 1. The van der Waals surface area contributed by atoms with Crippen LogP contribution in [0.3, 0.4) is 0 Å². The van der Waals surface area contributed by atoms with E-state index in [9.17, 15) is 19.1 Å². The molecule has 3 N–H and O–H groups in total. The summed E-state index contributed by atoms with van der Waals surface area (Å²) in [5, 5.41) is 15.6. The Balaban J connectivity index is 1.08. The van der Waals surface area contributed by atoms with E-state index < -0.39 is 22.7 Å². The van der Waals surface area contributed by atoms with Gasteiger partial charge in [0.15, 0.2) is 17.3 Å². The van der Waals surface area contributed by atoms with Crippen LogP contribution >= 0.6 is 0 Å². The van der Waals surface area contributed by atoms with Gasteiger partial charge in [-0.3, -0.25) is 14.6 Å². The number of nitrogens with one attached hydrogen (secondary N) is 2. The van der Waals surface area contributed by atoms with Crippen LogP contribution in [0.1, 0.15) is 49.8 Å². The number of ether oxygens (including phenoxy) is 3. The highest BCUT2D eigenvalue weighted by atomic mass is 19.1. The number of hydrogen-bond acceptors (Lipinski definition) is 8. The molecule has 1 atom stereocenters. The number of carbonyl (C=O) groups excluding carboxylic acids is 2. The van der Waals surface area contributed by atoms with Crippen molar-refractivity contribution in [1.82, 2.24) is 4.98 Å². The second-order valence-electron chi connectivity index (χ2n) is 11.9. The molecule has 236 valence electrons. The van der Waals surface area contributed by atoms with Gasteiger partial charge in [-0.1, -0.05) is 0 Å². The fraction of sp³-hybridized carbons (Fsp3) is 0.382. The molecule has 3 aliphatic rings.